The lowest BCUT2D eigenvalue weighted by Crippen LogP contribution is -2.30. The first-order valence-electron chi connectivity index (χ1n) is 14.8. The highest BCUT2D eigenvalue weighted by Gasteiger charge is 2.43. The Labute approximate surface area is 245 Å². The van der Waals surface area contributed by atoms with Crippen LogP contribution in [0, 0.1) is 0 Å². The zero-order chi connectivity index (χ0) is 28.0. The molecule has 0 radical (unpaired) electrons. The molecule has 2 unspecified atom stereocenters. The summed E-state index contributed by atoms with van der Waals surface area (Å²) < 4.78 is 0. The molecule has 3 nitrogen and oxygen atoms in total. The second-order valence-corrected chi connectivity index (χ2v) is 12.2. The van der Waals surface area contributed by atoms with Gasteiger partial charge in [0.25, 0.3) is 0 Å². The van der Waals surface area contributed by atoms with Crippen LogP contribution in [0.5, 0.6) is 0 Å². The molecule has 2 heterocycles. The Kier molecular flexibility index (Phi) is 4.79. The number of hydrogen-bond acceptors (Lipinski definition) is 3. The minimum Gasteiger partial charge on any atom is -0.302 e. The summed E-state index contributed by atoms with van der Waals surface area (Å²) in [5.74, 6) is 1.00. The minimum atomic E-state index is -0.230. The topological polar surface area (TPSA) is 29.0 Å². The summed E-state index contributed by atoms with van der Waals surface area (Å²) in [6, 6.07) is 37.4. The molecule has 0 bridgehead atoms. The van der Waals surface area contributed by atoms with E-state index in [1.54, 1.807) is 0 Å². The van der Waals surface area contributed by atoms with E-state index >= 15 is 0 Å². The van der Waals surface area contributed by atoms with Gasteiger partial charge in [-0.05, 0) is 44.8 Å². The van der Waals surface area contributed by atoms with E-state index in [9.17, 15) is 0 Å². The third kappa shape index (κ3) is 3.16. The smallest absolute Gasteiger partial charge is 0.231 e. The molecule has 1 aliphatic heterocycles. The number of nitrogens with zero attached hydrogens (tertiary/aromatic N) is 3. The van der Waals surface area contributed by atoms with Gasteiger partial charge < -0.3 is 4.90 Å². The number of benzene rings is 5. The van der Waals surface area contributed by atoms with Crippen molar-refractivity contribution in [1.82, 2.24) is 9.97 Å². The number of hydrogen-bond donors (Lipinski definition) is 0. The summed E-state index contributed by atoms with van der Waals surface area (Å²) in [7, 11) is 0. The van der Waals surface area contributed by atoms with E-state index in [0.29, 0.717) is 0 Å². The molecule has 0 spiro atoms. The molecule has 6 aromatic rings. The largest absolute Gasteiger partial charge is 0.302 e. The maximum Gasteiger partial charge on any atom is 0.231 e. The summed E-state index contributed by atoms with van der Waals surface area (Å²) in [4.78, 5) is 13.4. The van der Waals surface area contributed by atoms with Gasteiger partial charge in [-0.2, -0.15) is 0 Å². The molecule has 0 N–H and O–H groups in total. The van der Waals surface area contributed by atoms with Gasteiger partial charge in [-0.15, -0.1) is 0 Å². The number of anilines is 2. The summed E-state index contributed by atoms with van der Waals surface area (Å²) in [6.07, 6.45) is 8.97. The van der Waals surface area contributed by atoms with Gasteiger partial charge in [0.1, 0.15) is 0 Å². The normalized spacial score (nSPS) is 19.1. The molecule has 0 amide bonds. The van der Waals surface area contributed by atoms with Gasteiger partial charge in [-0.1, -0.05) is 129 Å². The van der Waals surface area contributed by atoms with Crippen molar-refractivity contribution in [3.63, 3.8) is 0 Å². The molecule has 5 aromatic carbocycles. The summed E-state index contributed by atoms with van der Waals surface area (Å²) in [5.41, 5.74) is 9.23. The van der Waals surface area contributed by atoms with Crippen molar-refractivity contribution in [2.45, 2.75) is 31.2 Å². The van der Waals surface area contributed by atoms with Gasteiger partial charge in [0.05, 0.1) is 17.4 Å². The van der Waals surface area contributed by atoms with Gasteiger partial charge in [0, 0.05) is 33.7 Å². The molecule has 9 rings (SSSR count). The third-order valence-electron chi connectivity index (χ3n) is 9.56. The van der Waals surface area contributed by atoms with Gasteiger partial charge in [-0.25, -0.2) is 9.97 Å². The maximum absolute atomic E-state index is 5.55. The zero-order valence-corrected chi connectivity index (χ0v) is 23.6. The monoisotopic (exact) mass is 539 g/mol. The van der Waals surface area contributed by atoms with Crippen LogP contribution in [0.25, 0.3) is 44.1 Å². The highest BCUT2D eigenvalue weighted by atomic mass is 15.3. The lowest BCUT2D eigenvalue weighted by molar-refractivity contribution is 0.656. The molecule has 200 valence electrons. The van der Waals surface area contributed by atoms with Crippen molar-refractivity contribution < 1.29 is 0 Å². The van der Waals surface area contributed by atoms with E-state index in [1.165, 1.54) is 49.5 Å². The molecule has 2 aliphatic carbocycles. The zero-order valence-electron chi connectivity index (χ0n) is 23.6. The molecule has 0 saturated heterocycles. The first-order valence-corrected chi connectivity index (χ1v) is 14.8. The van der Waals surface area contributed by atoms with Crippen LogP contribution in [0.3, 0.4) is 0 Å². The quantitative estimate of drug-likeness (QED) is 0.219. The number of rotatable bonds is 2. The summed E-state index contributed by atoms with van der Waals surface area (Å²) >= 11 is 0. The molecule has 3 heteroatoms. The van der Waals surface area contributed by atoms with Crippen molar-refractivity contribution >= 4 is 33.2 Å². The van der Waals surface area contributed by atoms with Crippen LogP contribution >= 0.6 is 0 Å². The standard InChI is InChI=1S/C39H29N3/c1-39(2)32-20-9-7-18-30(32)37-35(39)36(29-19-11-15-24-12-5-6-16-27(24)29)40-38(41-37)42-33-21-10-8-17-28(33)31-22-25-13-3-4-14-26(25)23-34(31)42/h3-23,28,33H,1-2H3. The van der Waals surface area contributed by atoms with Gasteiger partial charge >= 0.3 is 0 Å². The van der Waals surface area contributed by atoms with Crippen LogP contribution in [0.2, 0.25) is 0 Å². The molecule has 0 saturated carbocycles. The maximum atomic E-state index is 5.55. The minimum absolute atomic E-state index is 0.116. The van der Waals surface area contributed by atoms with Crippen molar-refractivity contribution in [2.75, 3.05) is 4.90 Å². The first kappa shape index (κ1) is 23.7. The predicted octanol–water partition coefficient (Wildman–Crippen LogP) is 9.49. The van der Waals surface area contributed by atoms with Crippen LogP contribution in [-0.2, 0) is 5.41 Å². The Morgan fingerprint density at radius 2 is 1.29 bits per heavy atom. The van der Waals surface area contributed by atoms with Gasteiger partial charge in [-0.3, -0.25) is 0 Å². The molecule has 3 aliphatic rings. The van der Waals surface area contributed by atoms with Crippen LogP contribution in [0.15, 0.2) is 127 Å². The molecule has 0 fully saturated rings. The summed E-state index contributed by atoms with van der Waals surface area (Å²) in [6.45, 7) is 4.63. The fourth-order valence-electron chi connectivity index (χ4n) is 7.59. The number of aromatic nitrogens is 2. The first-order chi connectivity index (χ1) is 20.6. The third-order valence-corrected chi connectivity index (χ3v) is 9.56. The van der Waals surface area contributed by atoms with Crippen LogP contribution < -0.4 is 4.90 Å². The van der Waals surface area contributed by atoms with E-state index in [0.717, 1.165) is 22.9 Å². The second-order valence-electron chi connectivity index (χ2n) is 12.2. The lowest BCUT2D eigenvalue weighted by atomic mass is 9.80. The van der Waals surface area contributed by atoms with Crippen molar-refractivity contribution in [2.24, 2.45) is 0 Å². The van der Waals surface area contributed by atoms with E-state index < -0.39 is 0 Å². The summed E-state index contributed by atoms with van der Waals surface area (Å²) in [5, 5.41) is 4.93. The molecule has 1 aromatic heterocycles. The molecular formula is C39H29N3. The molecule has 42 heavy (non-hydrogen) atoms. The van der Waals surface area contributed by atoms with Crippen LogP contribution in [-0.4, -0.2) is 16.0 Å². The second kappa shape index (κ2) is 8.50. The van der Waals surface area contributed by atoms with E-state index in [2.05, 4.69) is 146 Å². The Bertz CT molecular complexity index is 2150. The average Bonchev–Trinajstić information content (AvgIpc) is 3.47. The lowest BCUT2D eigenvalue weighted by Gasteiger charge is -2.29. The molecular weight excluding hydrogens is 510 g/mol. The van der Waals surface area contributed by atoms with Gasteiger partial charge in [0.15, 0.2) is 0 Å². The fraction of sp³-hybridized carbons (Fsp3) is 0.128. The van der Waals surface area contributed by atoms with Crippen molar-refractivity contribution in [3.05, 3.63) is 144 Å². The highest BCUT2D eigenvalue weighted by molar-refractivity contribution is 5.99. The highest BCUT2D eigenvalue weighted by Crippen LogP contribution is 2.54. The van der Waals surface area contributed by atoms with E-state index in [1.807, 2.05) is 0 Å². The number of allylic oxidation sites excluding steroid dienone is 2. The van der Waals surface area contributed by atoms with E-state index in [-0.39, 0.29) is 17.4 Å². The number of fused-ring (bicyclic) bond motifs is 8. The average molecular weight is 540 g/mol. The molecule has 2 atom stereocenters. The SMILES string of the molecule is CC1(C)c2ccccc2-c2nc(N3c4cc5ccccc5cc4C4C=CC=CC43)nc(-c3cccc4ccccc34)c21. The van der Waals surface area contributed by atoms with Crippen molar-refractivity contribution in [1.29, 1.82) is 0 Å². The van der Waals surface area contributed by atoms with Crippen LogP contribution in [0.1, 0.15) is 36.5 Å². The predicted molar refractivity (Wildman–Crippen MR) is 173 cm³/mol. The van der Waals surface area contributed by atoms with Crippen molar-refractivity contribution in [3.8, 4) is 22.5 Å². The van der Waals surface area contributed by atoms with Gasteiger partial charge in [0.2, 0.25) is 5.95 Å². The van der Waals surface area contributed by atoms with E-state index in [4.69, 9.17) is 9.97 Å². The van der Waals surface area contributed by atoms with Crippen LogP contribution in [0.4, 0.5) is 11.6 Å². The fourth-order valence-corrected chi connectivity index (χ4v) is 7.59. The Balaban J connectivity index is 1.37. The Morgan fingerprint density at radius 3 is 2.14 bits per heavy atom. The Hall–Kier alpha value is -5.02. The Morgan fingerprint density at radius 1 is 0.643 bits per heavy atom.